The highest BCUT2D eigenvalue weighted by molar-refractivity contribution is 6.67. The summed E-state index contributed by atoms with van der Waals surface area (Å²) in [5, 5.41) is 2.28. The Balaban J connectivity index is 2.91. The number of carbonyl (C=O) groups is 4. The van der Waals surface area contributed by atoms with Crippen LogP contribution in [-0.4, -0.2) is 70.8 Å². The fourth-order valence-electron chi connectivity index (χ4n) is 2.91. The zero-order chi connectivity index (χ0) is 28.4. The third-order valence-electron chi connectivity index (χ3n) is 4.53. The maximum atomic E-state index is 12.9. The van der Waals surface area contributed by atoms with Crippen LogP contribution in [-0.2, 0) is 35.1 Å². The van der Waals surface area contributed by atoms with Crippen LogP contribution >= 0.6 is 34.8 Å². The zero-order valence-electron chi connectivity index (χ0n) is 21.6. The highest BCUT2D eigenvalue weighted by atomic mass is 35.6. The fourth-order valence-corrected chi connectivity index (χ4v) is 3.07. The molecular weight excluding hydrogens is 551 g/mol. The molecule has 1 rings (SSSR count). The van der Waals surface area contributed by atoms with Gasteiger partial charge in [0, 0.05) is 7.05 Å². The molecule has 10 nitrogen and oxygen atoms in total. The van der Waals surface area contributed by atoms with E-state index in [1.807, 2.05) is 0 Å². The van der Waals surface area contributed by atoms with E-state index < -0.39 is 58.8 Å². The number of carbonyl (C=O) groups excluding carboxylic acids is 4. The van der Waals surface area contributed by atoms with Gasteiger partial charge in [-0.15, -0.1) is 0 Å². The van der Waals surface area contributed by atoms with Crippen molar-refractivity contribution in [3.63, 3.8) is 0 Å². The molecule has 0 saturated carbocycles. The Bertz CT molecular complexity index is 917. The Morgan fingerprint density at radius 1 is 0.946 bits per heavy atom. The lowest BCUT2D eigenvalue weighted by Crippen LogP contribution is -2.50. The molecule has 208 valence electrons. The van der Waals surface area contributed by atoms with Gasteiger partial charge in [-0.1, -0.05) is 79.0 Å². The van der Waals surface area contributed by atoms with Crippen molar-refractivity contribution in [2.75, 3.05) is 20.3 Å². The minimum Gasteiger partial charge on any atom is -0.461 e. The van der Waals surface area contributed by atoms with E-state index in [4.69, 9.17) is 53.8 Å². The Labute approximate surface area is 231 Å². The molecule has 0 fully saturated rings. The van der Waals surface area contributed by atoms with Crippen molar-refractivity contribution in [2.45, 2.75) is 62.7 Å². The minimum absolute atomic E-state index is 0.0709. The Hall–Kier alpha value is -2.43. The average Bonchev–Trinajstić information content (AvgIpc) is 2.77. The van der Waals surface area contributed by atoms with Gasteiger partial charge in [-0.25, -0.2) is 19.2 Å². The van der Waals surface area contributed by atoms with Gasteiger partial charge in [0.15, 0.2) is 6.04 Å². The maximum absolute atomic E-state index is 12.9. The van der Waals surface area contributed by atoms with Gasteiger partial charge in [-0.3, -0.25) is 4.90 Å². The molecule has 0 aliphatic carbocycles. The summed E-state index contributed by atoms with van der Waals surface area (Å²) in [6.45, 7) is 7.17. The van der Waals surface area contributed by atoms with Crippen LogP contribution in [0.5, 0.6) is 0 Å². The van der Waals surface area contributed by atoms with Crippen LogP contribution in [0.3, 0.4) is 0 Å². The molecule has 0 aliphatic heterocycles. The number of esters is 2. The largest absolute Gasteiger partial charge is 0.461 e. The van der Waals surface area contributed by atoms with Crippen LogP contribution in [0.4, 0.5) is 9.59 Å². The van der Waals surface area contributed by atoms with Gasteiger partial charge in [-0.2, -0.15) is 0 Å². The van der Waals surface area contributed by atoms with Crippen molar-refractivity contribution >= 4 is 58.9 Å². The van der Waals surface area contributed by atoms with Crippen molar-refractivity contribution in [3.8, 4) is 0 Å². The number of likely N-dealkylation sites (N-methyl/N-ethyl adjacent to an activating group) is 1. The predicted octanol–water partition coefficient (Wildman–Crippen LogP) is 4.63. The lowest BCUT2D eigenvalue weighted by Gasteiger charge is -2.31. The monoisotopic (exact) mass is 582 g/mol. The van der Waals surface area contributed by atoms with E-state index in [2.05, 4.69) is 5.32 Å². The Morgan fingerprint density at radius 3 is 2.05 bits per heavy atom. The van der Waals surface area contributed by atoms with Crippen molar-refractivity contribution in [2.24, 2.45) is 5.92 Å². The molecule has 0 aliphatic rings. The summed E-state index contributed by atoms with van der Waals surface area (Å²) in [4.78, 5) is 51.4. The molecule has 0 heterocycles. The summed E-state index contributed by atoms with van der Waals surface area (Å²) >= 11 is 16.9. The number of amides is 2. The zero-order valence-corrected chi connectivity index (χ0v) is 23.9. The van der Waals surface area contributed by atoms with Crippen LogP contribution in [0.25, 0.3) is 0 Å². The first-order valence-corrected chi connectivity index (χ1v) is 12.5. The third-order valence-corrected chi connectivity index (χ3v) is 4.86. The summed E-state index contributed by atoms with van der Waals surface area (Å²) in [5.41, 5.74) is -0.0672. The SMILES string of the molecule is CC(C)[C@@H](C(=O)OC[C@@H](NC(=O)OCc1ccccc1)C(=O)OCC(Cl)(Cl)Cl)N(C)C(=O)OC(C)(C)C. The van der Waals surface area contributed by atoms with Gasteiger partial charge in [-0.05, 0) is 32.3 Å². The predicted molar refractivity (Wildman–Crippen MR) is 138 cm³/mol. The molecule has 1 aromatic carbocycles. The second-order valence-corrected chi connectivity index (χ2v) is 11.9. The average molecular weight is 584 g/mol. The van der Waals surface area contributed by atoms with Gasteiger partial charge >= 0.3 is 24.1 Å². The summed E-state index contributed by atoms with van der Waals surface area (Å²) in [5.74, 6) is -2.23. The standard InChI is InChI=1S/C24H33Cl3N2O8/c1-15(2)18(29(6)22(33)37-23(3,4)5)20(31)34-13-17(19(30)36-14-24(25,26)27)28-21(32)35-12-16-10-8-7-9-11-16/h7-11,15,17-18H,12-14H2,1-6H3,(H,28,32)/t17-,18+/m1/s1. The first kappa shape index (κ1) is 32.6. The number of nitrogens with zero attached hydrogens (tertiary/aromatic N) is 1. The van der Waals surface area contributed by atoms with Crippen LogP contribution in [0, 0.1) is 5.92 Å². The number of benzene rings is 1. The number of nitrogens with one attached hydrogen (secondary N) is 1. The molecule has 0 saturated heterocycles. The molecule has 0 radical (unpaired) electrons. The van der Waals surface area contributed by atoms with Crippen LogP contribution in [0.1, 0.15) is 40.2 Å². The smallest absolute Gasteiger partial charge is 0.410 e. The number of rotatable bonds is 10. The van der Waals surface area contributed by atoms with Gasteiger partial charge < -0.3 is 24.3 Å². The number of ether oxygens (including phenoxy) is 4. The molecule has 0 unspecified atom stereocenters. The van der Waals surface area contributed by atoms with Gasteiger partial charge in [0.1, 0.15) is 31.5 Å². The minimum atomic E-state index is -1.90. The molecular formula is C24H33Cl3N2O8. The van der Waals surface area contributed by atoms with Crippen LogP contribution < -0.4 is 5.32 Å². The topological polar surface area (TPSA) is 120 Å². The summed E-state index contributed by atoms with van der Waals surface area (Å²) in [6.07, 6.45) is -1.70. The number of hydrogen-bond donors (Lipinski definition) is 1. The first-order valence-electron chi connectivity index (χ1n) is 11.3. The lowest BCUT2D eigenvalue weighted by atomic mass is 10.0. The van der Waals surface area contributed by atoms with Crippen LogP contribution in [0.2, 0.25) is 0 Å². The highest BCUT2D eigenvalue weighted by Gasteiger charge is 2.35. The van der Waals surface area contributed by atoms with Gasteiger partial charge in [0.2, 0.25) is 3.79 Å². The van der Waals surface area contributed by atoms with Crippen molar-refractivity contribution in [3.05, 3.63) is 35.9 Å². The van der Waals surface area contributed by atoms with Crippen LogP contribution in [0.15, 0.2) is 30.3 Å². The molecule has 37 heavy (non-hydrogen) atoms. The number of halogens is 3. The second kappa shape index (κ2) is 14.5. The number of alkyl halides is 3. The Kier molecular flexibility index (Phi) is 12.8. The van der Waals surface area contributed by atoms with E-state index >= 15 is 0 Å². The van der Waals surface area contributed by atoms with E-state index in [1.165, 1.54) is 7.05 Å². The first-order chi connectivity index (χ1) is 17.0. The van der Waals surface area contributed by atoms with Gasteiger partial charge in [0.05, 0.1) is 0 Å². The molecule has 1 aromatic rings. The molecule has 0 bridgehead atoms. The summed E-state index contributed by atoms with van der Waals surface area (Å²) in [7, 11) is 1.39. The highest BCUT2D eigenvalue weighted by Crippen LogP contribution is 2.26. The normalized spacial score (nSPS) is 13.2. The maximum Gasteiger partial charge on any atom is 0.410 e. The van der Waals surface area contributed by atoms with Crippen molar-refractivity contribution in [1.82, 2.24) is 10.2 Å². The summed E-state index contributed by atoms with van der Waals surface area (Å²) < 4.78 is 18.8. The molecule has 2 atom stereocenters. The summed E-state index contributed by atoms with van der Waals surface area (Å²) in [6, 6.07) is 6.30. The number of hydrogen-bond acceptors (Lipinski definition) is 8. The van der Waals surface area contributed by atoms with E-state index in [9.17, 15) is 19.2 Å². The molecule has 2 amide bonds. The number of alkyl carbamates (subject to hydrolysis) is 1. The molecule has 1 N–H and O–H groups in total. The molecule has 0 spiro atoms. The van der Waals surface area contributed by atoms with E-state index in [0.29, 0.717) is 5.56 Å². The van der Waals surface area contributed by atoms with E-state index in [-0.39, 0.29) is 12.5 Å². The molecule has 0 aromatic heterocycles. The molecule has 13 heteroatoms. The lowest BCUT2D eigenvalue weighted by molar-refractivity contribution is -0.156. The Morgan fingerprint density at radius 2 is 1.54 bits per heavy atom. The quantitative estimate of drug-likeness (QED) is 0.240. The van der Waals surface area contributed by atoms with Crippen molar-refractivity contribution in [1.29, 1.82) is 0 Å². The van der Waals surface area contributed by atoms with E-state index in [1.54, 1.807) is 65.0 Å². The second-order valence-electron chi connectivity index (χ2n) is 9.39. The van der Waals surface area contributed by atoms with Gasteiger partial charge in [0.25, 0.3) is 0 Å². The van der Waals surface area contributed by atoms with E-state index in [0.717, 1.165) is 4.90 Å². The fraction of sp³-hybridized carbons (Fsp3) is 0.583. The third kappa shape index (κ3) is 13.1. The van der Waals surface area contributed by atoms with Crippen molar-refractivity contribution < 1.29 is 38.1 Å².